The SMILES string of the molecule is CCSc1nnc(C)c2cnn(-c3ccc(F)cc3)c12. The van der Waals surface area contributed by atoms with Crippen molar-refractivity contribution in [3.8, 4) is 5.69 Å². The molecule has 20 heavy (non-hydrogen) atoms. The van der Waals surface area contributed by atoms with Gasteiger partial charge in [0.2, 0.25) is 0 Å². The van der Waals surface area contributed by atoms with Gasteiger partial charge in [-0.15, -0.1) is 16.9 Å². The van der Waals surface area contributed by atoms with E-state index in [1.807, 2.05) is 6.92 Å². The third kappa shape index (κ3) is 2.16. The first-order valence-electron chi connectivity index (χ1n) is 6.30. The fourth-order valence-corrected chi connectivity index (χ4v) is 2.76. The van der Waals surface area contributed by atoms with Crippen LogP contribution >= 0.6 is 11.8 Å². The molecule has 0 fully saturated rings. The number of nitrogens with zero attached hydrogens (tertiary/aromatic N) is 4. The van der Waals surface area contributed by atoms with Crippen molar-refractivity contribution < 1.29 is 4.39 Å². The van der Waals surface area contributed by atoms with Gasteiger partial charge in [-0.3, -0.25) is 0 Å². The van der Waals surface area contributed by atoms with E-state index in [4.69, 9.17) is 0 Å². The molecule has 0 N–H and O–H groups in total. The van der Waals surface area contributed by atoms with Gasteiger partial charge in [-0.25, -0.2) is 9.07 Å². The molecule has 102 valence electrons. The van der Waals surface area contributed by atoms with Crippen molar-refractivity contribution in [2.75, 3.05) is 5.75 Å². The summed E-state index contributed by atoms with van der Waals surface area (Å²) in [6, 6.07) is 6.27. The topological polar surface area (TPSA) is 43.6 Å². The van der Waals surface area contributed by atoms with Crippen molar-refractivity contribution in [2.24, 2.45) is 0 Å². The second-order valence-electron chi connectivity index (χ2n) is 4.32. The Kier molecular flexibility index (Phi) is 3.40. The summed E-state index contributed by atoms with van der Waals surface area (Å²) in [7, 11) is 0. The van der Waals surface area contributed by atoms with Gasteiger partial charge in [-0.2, -0.15) is 10.2 Å². The van der Waals surface area contributed by atoms with Gasteiger partial charge >= 0.3 is 0 Å². The van der Waals surface area contributed by atoms with E-state index in [0.29, 0.717) is 0 Å². The third-order valence-electron chi connectivity index (χ3n) is 3.00. The van der Waals surface area contributed by atoms with Crippen LogP contribution in [0.4, 0.5) is 4.39 Å². The van der Waals surface area contributed by atoms with E-state index in [-0.39, 0.29) is 5.82 Å². The molecule has 6 heteroatoms. The Morgan fingerprint density at radius 2 is 1.95 bits per heavy atom. The Hall–Kier alpha value is -1.95. The summed E-state index contributed by atoms with van der Waals surface area (Å²) >= 11 is 1.62. The number of aryl methyl sites for hydroxylation is 1. The number of thioether (sulfide) groups is 1. The van der Waals surface area contributed by atoms with E-state index in [2.05, 4.69) is 22.2 Å². The van der Waals surface area contributed by atoms with Crippen LogP contribution in [0.15, 0.2) is 35.5 Å². The predicted octanol–water partition coefficient (Wildman–Crippen LogP) is 3.38. The van der Waals surface area contributed by atoms with Crippen LogP contribution in [0.25, 0.3) is 16.6 Å². The van der Waals surface area contributed by atoms with Gasteiger partial charge in [-0.1, -0.05) is 6.92 Å². The zero-order valence-electron chi connectivity index (χ0n) is 11.2. The molecular weight excluding hydrogens is 275 g/mol. The molecule has 0 aliphatic rings. The van der Waals surface area contributed by atoms with E-state index in [1.54, 1.807) is 34.8 Å². The standard InChI is InChI=1S/C14H13FN4S/c1-3-20-14-13-12(9(2)17-18-14)8-16-19(13)11-6-4-10(15)5-7-11/h4-8H,3H2,1-2H3. The molecule has 0 spiro atoms. The van der Waals surface area contributed by atoms with Crippen LogP contribution in [0, 0.1) is 12.7 Å². The number of benzene rings is 1. The lowest BCUT2D eigenvalue weighted by Gasteiger charge is -2.07. The van der Waals surface area contributed by atoms with Crippen LogP contribution in [0.2, 0.25) is 0 Å². The minimum Gasteiger partial charge on any atom is -0.230 e. The van der Waals surface area contributed by atoms with Gasteiger partial charge in [0, 0.05) is 5.39 Å². The van der Waals surface area contributed by atoms with E-state index >= 15 is 0 Å². The number of aromatic nitrogens is 4. The summed E-state index contributed by atoms with van der Waals surface area (Å²) in [5, 5.41) is 14.6. The van der Waals surface area contributed by atoms with E-state index in [9.17, 15) is 4.39 Å². The lowest BCUT2D eigenvalue weighted by molar-refractivity contribution is 0.627. The molecular formula is C14H13FN4S. The maximum Gasteiger partial charge on any atom is 0.145 e. The molecule has 0 unspecified atom stereocenters. The van der Waals surface area contributed by atoms with Crippen molar-refractivity contribution in [1.29, 1.82) is 0 Å². The largest absolute Gasteiger partial charge is 0.230 e. The average Bonchev–Trinajstić information content (AvgIpc) is 2.89. The van der Waals surface area contributed by atoms with Crippen molar-refractivity contribution >= 4 is 22.7 Å². The highest BCUT2D eigenvalue weighted by atomic mass is 32.2. The molecule has 2 heterocycles. The number of fused-ring (bicyclic) bond motifs is 1. The second-order valence-corrected chi connectivity index (χ2v) is 5.57. The molecule has 0 aliphatic heterocycles. The Morgan fingerprint density at radius 3 is 2.65 bits per heavy atom. The lowest BCUT2D eigenvalue weighted by atomic mass is 10.2. The van der Waals surface area contributed by atoms with Crippen molar-refractivity contribution in [3.63, 3.8) is 0 Å². The van der Waals surface area contributed by atoms with Gasteiger partial charge in [0.05, 0.1) is 17.6 Å². The van der Waals surface area contributed by atoms with Gasteiger partial charge in [0.1, 0.15) is 16.4 Å². The zero-order valence-corrected chi connectivity index (χ0v) is 12.0. The molecule has 3 aromatic rings. The minimum atomic E-state index is -0.260. The number of halogens is 1. The van der Waals surface area contributed by atoms with Crippen LogP contribution in [0.1, 0.15) is 12.6 Å². The Morgan fingerprint density at radius 1 is 1.20 bits per heavy atom. The van der Waals surface area contributed by atoms with Crippen LogP contribution in [-0.4, -0.2) is 25.7 Å². The second kappa shape index (κ2) is 5.20. The summed E-state index contributed by atoms with van der Waals surface area (Å²) < 4.78 is 14.8. The maximum atomic E-state index is 13.1. The average molecular weight is 288 g/mol. The monoisotopic (exact) mass is 288 g/mol. The minimum absolute atomic E-state index is 0.260. The Labute approximate surface area is 120 Å². The van der Waals surface area contributed by atoms with Crippen LogP contribution in [0.5, 0.6) is 0 Å². The fourth-order valence-electron chi connectivity index (χ4n) is 2.05. The predicted molar refractivity (Wildman–Crippen MR) is 77.8 cm³/mol. The van der Waals surface area contributed by atoms with Crippen molar-refractivity contribution in [2.45, 2.75) is 18.9 Å². The summed E-state index contributed by atoms with van der Waals surface area (Å²) in [6.07, 6.45) is 1.78. The molecule has 0 radical (unpaired) electrons. The van der Waals surface area contributed by atoms with Crippen LogP contribution in [0.3, 0.4) is 0 Å². The lowest BCUT2D eigenvalue weighted by Crippen LogP contribution is -2.00. The first kappa shape index (κ1) is 13.1. The molecule has 0 bridgehead atoms. The zero-order chi connectivity index (χ0) is 14.1. The van der Waals surface area contributed by atoms with Crippen LogP contribution in [-0.2, 0) is 0 Å². The first-order chi connectivity index (χ1) is 9.70. The third-order valence-corrected chi connectivity index (χ3v) is 3.84. The van der Waals surface area contributed by atoms with Crippen molar-refractivity contribution in [1.82, 2.24) is 20.0 Å². The van der Waals surface area contributed by atoms with Gasteiger partial charge in [0.15, 0.2) is 0 Å². The van der Waals surface area contributed by atoms with Crippen molar-refractivity contribution in [3.05, 3.63) is 42.0 Å². The molecule has 2 aromatic heterocycles. The Balaban J connectivity index is 2.25. The molecule has 0 saturated carbocycles. The normalized spacial score (nSPS) is 11.2. The smallest absolute Gasteiger partial charge is 0.145 e. The quantitative estimate of drug-likeness (QED) is 0.693. The Bertz CT molecular complexity index is 752. The van der Waals surface area contributed by atoms with Gasteiger partial charge in [-0.05, 0) is 36.9 Å². The summed E-state index contributed by atoms with van der Waals surface area (Å²) in [4.78, 5) is 0. The number of rotatable bonds is 3. The highest BCUT2D eigenvalue weighted by Gasteiger charge is 2.14. The van der Waals surface area contributed by atoms with E-state index < -0.39 is 0 Å². The molecule has 0 atom stereocenters. The van der Waals surface area contributed by atoms with Crippen LogP contribution < -0.4 is 0 Å². The summed E-state index contributed by atoms with van der Waals surface area (Å²) in [6.45, 7) is 3.98. The van der Waals surface area contributed by atoms with Gasteiger partial charge in [0.25, 0.3) is 0 Å². The van der Waals surface area contributed by atoms with Gasteiger partial charge < -0.3 is 0 Å². The molecule has 0 saturated heterocycles. The molecule has 0 aliphatic carbocycles. The number of hydrogen-bond acceptors (Lipinski definition) is 4. The molecule has 1 aromatic carbocycles. The molecule has 4 nitrogen and oxygen atoms in total. The highest BCUT2D eigenvalue weighted by Crippen LogP contribution is 2.28. The first-order valence-corrected chi connectivity index (χ1v) is 7.29. The molecule has 0 amide bonds. The summed E-state index contributed by atoms with van der Waals surface area (Å²) in [5.74, 6) is 0.644. The number of hydrogen-bond donors (Lipinski definition) is 0. The maximum absolute atomic E-state index is 13.1. The van der Waals surface area contributed by atoms with E-state index in [1.165, 1.54) is 12.1 Å². The van der Waals surface area contributed by atoms with E-state index in [0.717, 1.165) is 33.1 Å². The fraction of sp³-hybridized carbons (Fsp3) is 0.214. The highest BCUT2D eigenvalue weighted by molar-refractivity contribution is 7.99. The molecule has 3 rings (SSSR count). The summed E-state index contributed by atoms with van der Waals surface area (Å²) in [5.41, 5.74) is 2.58.